The molecular weight excluding hydrogens is 386 g/mol. The molecule has 1 fully saturated rings. The molecule has 2 aromatic carbocycles. The summed E-state index contributed by atoms with van der Waals surface area (Å²) >= 11 is 0. The summed E-state index contributed by atoms with van der Waals surface area (Å²) in [4.78, 5) is 38.5. The lowest BCUT2D eigenvalue weighted by Gasteiger charge is -2.20. The average molecular weight is 411 g/mol. The summed E-state index contributed by atoms with van der Waals surface area (Å²) in [6.07, 6.45) is 0.471. The van der Waals surface area contributed by atoms with E-state index in [9.17, 15) is 14.4 Å². The van der Waals surface area contributed by atoms with Crippen LogP contribution in [0.2, 0.25) is 0 Å². The van der Waals surface area contributed by atoms with Crippen molar-refractivity contribution in [1.29, 1.82) is 0 Å². The minimum atomic E-state index is -0.502. The molecule has 1 atom stereocenters. The van der Waals surface area contributed by atoms with Crippen LogP contribution in [0, 0.1) is 5.92 Å². The summed E-state index contributed by atoms with van der Waals surface area (Å²) < 4.78 is 10.6. The Morgan fingerprint density at radius 1 is 1.07 bits per heavy atom. The number of benzene rings is 2. The standard InChI is InChI=1S/C22H25N3O5/c1-4-20(26)23-15-6-5-7-16(11-15)24-22(28)14-10-21(27)25(13-14)18-9-8-17(29-2)12-19(18)30-3/h5-9,11-12,14H,4,10,13H2,1-3H3,(H,23,26)(H,24,28). The molecule has 1 aliphatic rings. The van der Waals surface area contributed by atoms with Crippen LogP contribution in [0.25, 0.3) is 0 Å². The molecule has 158 valence electrons. The van der Waals surface area contributed by atoms with E-state index < -0.39 is 5.92 Å². The predicted octanol–water partition coefficient (Wildman–Crippen LogP) is 3.04. The first-order valence-corrected chi connectivity index (χ1v) is 9.68. The summed E-state index contributed by atoms with van der Waals surface area (Å²) in [7, 11) is 3.08. The molecular formula is C22H25N3O5. The van der Waals surface area contributed by atoms with Crippen molar-refractivity contribution < 1.29 is 23.9 Å². The van der Waals surface area contributed by atoms with Crippen molar-refractivity contribution in [2.24, 2.45) is 5.92 Å². The van der Waals surface area contributed by atoms with Crippen LogP contribution in [-0.2, 0) is 14.4 Å². The van der Waals surface area contributed by atoms with E-state index >= 15 is 0 Å². The van der Waals surface area contributed by atoms with Crippen molar-refractivity contribution in [2.75, 3.05) is 36.3 Å². The van der Waals surface area contributed by atoms with Gasteiger partial charge in [-0.3, -0.25) is 14.4 Å². The molecule has 30 heavy (non-hydrogen) atoms. The fraction of sp³-hybridized carbons (Fsp3) is 0.318. The third-order valence-corrected chi connectivity index (χ3v) is 4.91. The average Bonchev–Trinajstić information content (AvgIpc) is 3.14. The molecule has 8 nitrogen and oxygen atoms in total. The number of hydrogen-bond donors (Lipinski definition) is 2. The number of carbonyl (C=O) groups excluding carboxylic acids is 3. The van der Waals surface area contributed by atoms with E-state index in [1.807, 2.05) is 0 Å². The van der Waals surface area contributed by atoms with Crippen LogP contribution in [0.3, 0.4) is 0 Å². The molecule has 3 rings (SSSR count). The largest absolute Gasteiger partial charge is 0.497 e. The zero-order valence-electron chi connectivity index (χ0n) is 17.2. The lowest BCUT2D eigenvalue weighted by atomic mass is 10.1. The molecule has 0 saturated carbocycles. The SMILES string of the molecule is CCC(=O)Nc1cccc(NC(=O)C2CC(=O)N(c3ccc(OC)cc3OC)C2)c1. The molecule has 8 heteroatoms. The van der Waals surface area contributed by atoms with Gasteiger partial charge in [0.15, 0.2) is 0 Å². The van der Waals surface area contributed by atoms with Gasteiger partial charge in [0.25, 0.3) is 0 Å². The number of nitrogens with one attached hydrogen (secondary N) is 2. The Hall–Kier alpha value is -3.55. The fourth-order valence-electron chi connectivity index (χ4n) is 3.29. The molecule has 0 radical (unpaired) electrons. The number of carbonyl (C=O) groups is 3. The molecule has 1 unspecified atom stereocenters. The van der Waals surface area contributed by atoms with Gasteiger partial charge in [-0.05, 0) is 30.3 Å². The van der Waals surface area contributed by atoms with Gasteiger partial charge in [0, 0.05) is 36.8 Å². The van der Waals surface area contributed by atoms with Crippen molar-refractivity contribution in [3.05, 3.63) is 42.5 Å². The van der Waals surface area contributed by atoms with E-state index in [-0.39, 0.29) is 30.7 Å². The quantitative estimate of drug-likeness (QED) is 0.730. The Balaban J connectivity index is 1.70. The van der Waals surface area contributed by atoms with E-state index in [0.29, 0.717) is 35.0 Å². The summed E-state index contributed by atoms with van der Waals surface area (Å²) in [5.74, 6) is 0.108. The summed E-state index contributed by atoms with van der Waals surface area (Å²) in [6.45, 7) is 2.02. The second-order valence-corrected chi connectivity index (χ2v) is 6.91. The maximum absolute atomic E-state index is 12.8. The monoisotopic (exact) mass is 411 g/mol. The highest BCUT2D eigenvalue weighted by Crippen LogP contribution is 2.36. The van der Waals surface area contributed by atoms with Gasteiger partial charge in [-0.1, -0.05) is 13.0 Å². The molecule has 0 spiro atoms. The number of rotatable bonds is 7. The topological polar surface area (TPSA) is 97.0 Å². The number of nitrogens with zero attached hydrogens (tertiary/aromatic N) is 1. The summed E-state index contributed by atoms with van der Waals surface area (Å²) in [5.41, 5.74) is 1.76. The van der Waals surface area contributed by atoms with Crippen molar-refractivity contribution >= 4 is 34.8 Å². The maximum atomic E-state index is 12.8. The van der Waals surface area contributed by atoms with Crippen molar-refractivity contribution in [3.63, 3.8) is 0 Å². The van der Waals surface area contributed by atoms with E-state index in [4.69, 9.17) is 9.47 Å². The zero-order valence-corrected chi connectivity index (χ0v) is 17.2. The van der Waals surface area contributed by atoms with Crippen LogP contribution >= 0.6 is 0 Å². The zero-order chi connectivity index (χ0) is 21.7. The van der Waals surface area contributed by atoms with Gasteiger partial charge in [0.1, 0.15) is 11.5 Å². The molecule has 3 amide bonds. The van der Waals surface area contributed by atoms with Gasteiger partial charge < -0.3 is 25.0 Å². The van der Waals surface area contributed by atoms with Crippen LogP contribution in [0.1, 0.15) is 19.8 Å². The molecule has 1 heterocycles. The van der Waals surface area contributed by atoms with E-state index in [2.05, 4.69) is 10.6 Å². The number of amides is 3. The Bertz CT molecular complexity index is 960. The van der Waals surface area contributed by atoms with E-state index in [0.717, 1.165) is 0 Å². The third-order valence-electron chi connectivity index (χ3n) is 4.91. The van der Waals surface area contributed by atoms with Crippen LogP contribution in [0.15, 0.2) is 42.5 Å². The third kappa shape index (κ3) is 4.71. The maximum Gasteiger partial charge on any atom is 0.229 e. The fourth-order valence-corrected chi connectivity index (χ4v) is 3.29. The first-order chi connectivity index (χ1) is 14.4. The molecule has 2 N–H and O–H groups in total. The van der Waals surface area contributed by atoms with Crippen LogP contribution in [0.4, 0.5) is 17.1 Å². The molecule has 1 saturated heterocycles. The second-order valence-electron chi connectivity index (χ2n) is 6.91. The Labute approximate surface area is 175 Å². The summed E-state index contributed by atoms with van der Waals surface area (Å²) in [5, 5.41) is 5.59. The van der Waals surface area contributed by atoms with Crippen LogP contribution in [-0.4, -0.2) is 38.5 Å². The van der Waals surface area contributed by atoms with E-state index in [1.54, 1.807) is 61.4 Å². The predicted molar refractivity (Wildman–Crippen MR) is 114 cm³/mol. The number of hydrogen-bond acceptors (Lipinski definition) is 5. The van der Waals surface area contributed by atoms with Gasteiger partial charge in [-0.25, -0.2) is 0 Å². The Morgan fingerprint density at radius 3 is 2.47 bits per heavy atom. The first-order valence-electron chi connectivity index (χ1n) is 9.68. The van der Waals surface area contributed by atoms with Crippen LogP contribution in [0.5, 0.6) is 11.5 Å². The van der Waals surface area contributed by atoms with Gasteiger partial charge in [-0.15, -0.1) is 0 Å². The minimum Gasteiger partial charge on any atom is -0.497 e. The molecule has 0 bridgehead atoms. The lowest BCUT2D eigenvalue weighted by Crippen LogP contribution is -2.28. The normalized spacial score (nSPS) is 15.6. The van der Waals surface area contributed by atoms with E-state index in [1.165, 1.54) is 7.11 Å². The minimum absolute atomic E-state index is 0.104. The van der Waals surface area contributed by atoms with Crippen molar-refractivity contribution in [1.82, 2.24) is 0 Å². The van der Waals surface area contributed by atoms with Crippen molar-refractivity contribution in [2.45, 2.75) is 19.8 Å². The highest BCUT2D eigenvalue weighted by atomic mass is 16.5. The first kappa shape index (κ1) is 21.2. The number of ether oxygens (including phenoxy) is 2. The van der Waals surface area contributed by atoms with Gasteiger partial charge >= 0.3 is 0 Å². The highest BCUT2D eigenvalue weighted by molar-refractivity contribution is 6.04. The highest BCUT2D eigenvalue weighted by Gasteiger charge is 2.36. The van der Waals surface area contributed by atoms with Gasteiger partial charge in [0.2, 0.25) is 17.7 Å². The number of anilines is 3. The Morgan fingerprint density at radius 2 is 1.80 bits per heavy atom. The Kier molecular flexibility index (Phi) is 6.56. The van der Waals surface area contributed by atoms with Crippen molar-refractivity contribution in [3.8, 4) is 11.5 Å². The number of methoxy groups -OCH3 is 2. The molecule has 0 aromatic heterocycles. The lowest BCUT2D eigenvalue weighted by molar-refractivity contribution is -0.122. The molecule has 0 aliphatic carbocycles. The molecule has 1 aliphatic heterocycles. The molecule has 2 aromatic rings. The second kappa shape index (κ2) is 9.30. The van der Waals surface area contributed by atoms with Crippen LogP contribution < -0.4 is 25.0 Å². The smallest absolute Gasteiger partial charge is 0.229 e. The summed E-state index contributed by atoms with van der Waals surface area (Å²) in [6, 6.07) is 12.1. The van der Waals surface area contributed by atoms with Gasteiger partial charge in [0.05, 0.1) is 25.8 Å². The van der Waals surface area contributed by atoms with Gasteiger partial charge in [-0.2, -0.15) is 0 Å².